The van der Waals surface area contributed by atoms with Crippen LogP contribution < -0.4 is 0 Å². The summed E-state index contributed by atoms with van der Waals surface area (Å²) >= 11 is 0. The topological polar surface area (TPSA) is 20.3 Å². The van der Waals surface area contributed by atoms with Gasteiger partial charge in [-0.15, -0.1) is 12.4 Å². The molecule has 1 heterocycles. The second kappa shape index (κ2) is 5.89. The van der Waals surface area contributed by atoms with Gasteiger partial charge in [-0.2, -0.15) is 0 Å². The highest BCUT2D eigenvalue weighted by molar-refractivity contribution is 5.85. The van der Waals surface area contributed by atoms with Crippen LogP contribution in [0.4, 0.5) is 0 Å². The number of piperidine rings is 1. The third-order valence-corrected chi connectivity index (χ3v) is 7.08. The molecule has 2 bridgehead atoms. The average molecular weight is 334 g/mol. The van der Waals surface area contributed by atoms with Crippen molar-refractivity contribution in [1.82, 2.24) is 4.90 Å². The minimum Gasteiger partial charge on any atom is -0.303 e. The first-order valence-corrected chi connectivity index (χ1v) is 8.90. The lowest BCUT2D eigenvalue weighted by molar-refractivity contribution is -0.138. The summed E-state index contributed by atoms with van der Waals surface area (Å²) in [6.07, 6.45) is 4.22. The molecule has 5 atom stereocenters. The summed E-state index contributed by atoms with van der Waals surface area (Å²) < 4.78 is 0. The summed E-state index contributed by atoms with van der Waals surface area (Å²) in [6.45, 7) is 5.59. The molecule has 1 saturated heterocycles. The minimum atomic E-state index is 0. The monoisotopic (exact) mass is 333 g/mol. The van der Waals surface area contributed by atoms with Crippen LogP contribution in [0.1, 0.15) is 44.2 Å². The third kappa shape index (κ3) is 2.21. The van der Waals surface area contributed by atoms with E-state index in [-0.39, 0.29) is 23.7 Å². The average Bonchev–Trinajstić information content (AvgIpc) is 2.52. The van der Waals surface area contributed by atoms with Crippen molar-refractivity contribution in [2.24, 2.45) is 17.8 Å². The Morgan fingerprint density at radius 3 is 2.78 bits per heavy atom. The van der Waals surface area contributed by atoms with E-state index >= 15 is 0 Å². The van der Waals surface area contributed by atoms with Crippen LogP contribution in [0.3, 0.4) is 0 Å². The quantitative estimate of drug-likeness (QED) is 0.778. The van der Waals surface area contributed by atoms with Crippen molar-refractivity contribution in [3.05, 3.63) is 35.4 Å². The molecule has 3 heteroatoms. The largest absolute Gasteiger partial charge is 0.303 e. The normalized spacial score (nSPS) is 39.2. The number of hydrogen-bond acceptors (Lipinski definition) is 2. The molecule has 0 amide bonds. The van der Waals surface area contributed by atoms with E-state index in [1.165, 1.54) is 11.1 Å². The van der Waals surface area contributed by atoms with Gasteiger partial charge in [-0.3, -0.25) is 4.79 Å². The van der Waals surface area contributed by atoms with Crippen molar-refractivity contribution in [1.29, 1.82) is 0 Å². The highest BCUT2D eigenvalue weighted by atomic mass is 35.5. The SMILES string of the molecule is CC[C@H]1[C@H]2[C@H]3Cc4ccccc4[C@]2(CCN3C)CC(=O)[C@@H]1C.Cl. The summed E-state index contributed by atoms with van der Waals surface area (Å²) in [7, 11) is 2.29. The molecule has 0 radical (unpaired) electrons. The zero-order valence-electron chi connectivity index (χ0n) is 14.4. The lowest BCUT2D eigenvalue weighted by Gasteiger charge is -2.61. The van der Waals surface area contributed by atoms with Crippen LogP contribution in [0.5, 0.6) is 0 Å². The van der Waals surface area contributed by atoms with Gasteiger partial charge >= 0.3 is 0 Å². The van der Waals surface area contributed by atoms with E-state index in [9.17, 15) is 4.79 Å². The molecule has 1 aliphatic heterocycles. The van der Waals surface area contributed by atoms with Crippen LogP contribution in [-0.2, 0) is 16.6 Å². The molecule has 23 heavy (non-hydrogen) atoms. The summed E-state index contributed by atoms with van der Waals surface area (Å²) in [4.78, 5) is 15.4. The molecule has 2 aliphatic carbocycles. The summed E-state index contributed by atoms with van der Waals surface area (Å²) in [5, 5.41) is 0. The Hall–Kier alpha value is -0.860. The Morgan fingerprint density at radius 2 is 2.04 bits per heavy atom. The van der Waals surface area contributed by atoms with Gasteiger partial charge in [0.25, 0.3) is 0 Å². The maximum absolute atomic E-state index is 12.8. The number of nitrogens with zero attached hydrogens (tertiary/aromatic N) is 1. The number of hydrogen-bond donors (Lipinski definition) is 0. The van der Waals surface area contributed by atoms with Gasteiger partial charge in [0, 0.05) is 23.8 Å². The first-order chi connectivity index (χ1) is 10.6. The molecular weight excluding hydrogens is 306 g/mol. The number of benzene rings is 1. The summed E-state index contributed by atoms with van der Waals surface area (Å²) in [5.74, 6) is 1.94. The third-order valence-electron chi connectivity index (χ3n) is 7.08. The smallest absolute Gasteiger partial charge is 0.136 e. The number of ketones is 1. The van der Waals surface area contributed by atoms with Crippen LogP contribution in [0.15, 0.2) is 24.3 Å². The fourth-order valence-corrected chi connectivity index (χ4v) is 5.98. The minimum absolute atomic E-state index is 0. The van der Waals surface area contributed by atoms with E-state index in [2.05, 4.69) is 50.1 Å². The number of carbonyl (C=O) groups is 1. The number of carbonyl (C=O) groups excluding carboxylic acids is 1. The van der Waals surface area contributed by atoms with Crippen molar-refractivity contribution < 1.29 is 4.79 Å². The van der Waals surface area contributed by atoms with Crippen LogP contribution >= 0.6 is 12.4 Å². The molecule has 0 N–H and O–H groups in total. The predicted molar refractivity (Wildman–Crippen MR) is 96.2 cm³/mol. The van der Waals surface area contributed by atoms with Gasteiger partial charge in [-0.25, -0.2) is 0 Å². The molecule has 2 fully saturated rings. The predicted octanol–water partition coefficient (Wildman–Crippen LogP) is 3.86. The Morgan fingerprint density at radius 1 is 1.30 bits per heavy atom. The number of fused-ring (bicyclic) bond motifs is 1. The van der Waals surface area contributed by atoms with Crippen LogP contribution in [0.25, 0.3) is 0 Å². The zero-order chi connectivity index (χ0) is 15.5. The second-order valence-corrected chi connectivity index (χ2v) is 7.85. The maximum atomic E-state index is 12.8. The molecule has 0 spiro atoms. The summed E-state index contributed by atoms with van der Waals surface area (Å²) in [5.41, 5.74) is 3.12. The van der Waals surface area contributed by atoms with Crippen LogP contribution in [0, 0.1) is 17.8 Å². The van der Waals surface area contributed by atoms with Crippen molar-refractivity contribution in [2.75, 3.05) is 13.6 Å². The number of Topliss-reactive ketones (excluding diaryl/α,β-unsaturated/α-hetero) is 1. The number of likely N-dealkylation sites (tertiary alicyclic amines) is 1. The Labute approximate surface area is 146 Å². The summed E-state index contributed by atoms with van der Waals surface area (Å²) in [6, 6.07) is 9.56. The van der Waals surface area contributed by atoms with Crippen molar-refractivity contribution in [3.8, 4) is 0 Å². The number of rotatable bonds is 1. The van der Waals surface area contributed by atoms with Crippen molar-refractivity contribution in [3.63, 3.8) is 0 Å². The highest BCUT2D eigenvalue weighted by Crippen LogP contribution is 2.58. The number of halogens is 1. The molecular formula is C20H28ClNO. The molecule has 3 aliphatic rings. The zero-order valence-corrected chi connectivity index (χ0v) is 15.2. The molecule has 0 aromatic heterocycles. The van der Waals surface area contributed by atoms with E-state index in [1.807, 2.05) is 0 Å². The molecule has 2 nitrogen and oxygen atoms in total. The van der Waals surface area contributed by atoms with Crippen LogP contribution in [0.2, 0.25) is 0 Å². The number of likely N-dealkylation sites (N-methyl/N-ethyl adjacent to an activating group) is 1. The van der Waals surface area contributed by atoms with E-state index in [1.54, 1.807) is 0 Å². The standard InChI is InChI=1S/C20H27NO.ClH/c1-4-15-13(2)18(22)12-20-9-10-21(3)17(19(15)20)11-14-7-5-6-8-16(14)20;/h5-8,13,15,17,19H,4,9-12H2,1-3H3;1H/t13-,15-,17-,19+,20+;/m1./s1. The van der Waals surface area contributed by atoms with Crippen LogP contribution in [-0.4, -0.2) is 30.3 Å². The molecule has 1 aromatic carbocycles. The fraction of sp³-hybridized carbons (Fsp3) is 0.650. The molecule has 1 saturated carbocycles. The maximum Gasteiger partial charge on any atom is 0.136 e. The Bertz CT molecular complexity index is 615. The highest BCUT2D eigenvalue weighted by Gasteiger charge is 2.59. The van der Waals surface area contributed by atoms with E-state index in [4.69, 9.17) is 0 Å². The molecule has 126 valence electrons. The molecule has 0 unspecified atom stereocenters. The fourth-order valence-electron chi connectivity index (χ4n) is 5.98. The van der Waals surface area contributed by atoms with Gasteiger partial charge in [0.15, 0.2) is 0 Å². The van der Waals surface area contributed by atoms with Crippen molar-refractivity contribution >= 4 is 18.2 Å². The van der Waals surface area contributed by atoms with E-state index in [0.717, 1.165) is 32.2 Å². The lowest BCUT2D eigenvalue weighted by atomic mass is 9.47. The molecule has 1 aromatic rings. The van der Waals surface area contributed by atoms with Gasteiger partial charge < -0.3 is 4.90 Å². The Balaban J connectivity index is 0.00000156. The van der Waals surface area contributed by atoms with Crippen molar-refractivity contribution in [2.45, 2.75) is 51.0 Å². The van der Waals surface area contributed by atoms with Gasteiger partial charge in [-0.05, 0) is 49.4 Å². The van der Waals surface area contributed by atoms with E-state index < -0.39 is 0 Å². The van der Waals surface area contributed by atoms with Gasteiger partial charge in [0.1, 0.15) is 5.78 Å². The second-order valence-electron chi connectivity index (χ2n) is 7.85. The van der Waals surface area contributed by atoms with Gasteiger partial charge in [-0.1, -0.05) is 44.5 Å². The first kappa shape index (κ1) is 17.0. The Kier molecular flexibility index (Phi) is 4.35. The van der Waals surface area contributed by atoms with Gasteiger partial charge in [0.05, 0.1) is 0 Å². The molecule has 4 rings (SSSR count). The van der Waals surface area contributed by atoms with Gasteiger partial charge in [0.2, 0.25) is 0 Å². The first-order valence-electron chi connectivity index (χ1n) is 8.90. The van der Waals surface area contributed by atoms with E-state index in [0.29, 0.717) is 23.7 Å². The lowest BCUT2D eigenvalue weighted by Crippen LogP contribution is -2.64.